The van der Waals surface area contributed by atoms with Gasteiger partial charge in [0.2, 0.25) is 0 Å². The molecule has 3 unspecified atom stereocenters. The fourth-order valence-corrected chi connectivity index (χ4v) is 9.11. The van der Waals surface area contributed by atoms with Crippen LogP contribution in [0.25, 0.3) is 0 Å². The van der Waals surface area contributed by atoms with Crippen molar-refractivity contribution in [3.8, 4) is 0 Å². The molecular weight excluding hydrogens is 1190 g/mol. The van der Waals surface area contributed by atoms with Crippen LogP contribution in [-0.2, 0) is 114 Å². The highest BCUT2D eigenvalue weighted by molar-refractivity contribution is 6.19. The number of ether oxygens (including phenoxy) is 12. The first-order valence-corrected chi connectivity index (χ1v) is 28.1. The van der Waals surface area contributed by atoms with Crippen LogP contribution in [0.15, 0.2) is 71.9 Å². The van der Waals surface area contributed by atoms with E-state index in [0.29, 0.717) is 83.7 Å². The molecular formula is C60H88N6O24. The molecule has 6 rings (SSSR count). The van der Waals surface area contributed by atoms with E-state index >= 15 is 0 Å². The summed E-state index contributed by atoms with van der Waals surface area (Å²) in [6.45, 7) is 12.2. The molecule has 30 heteroatoms. The van der Waals surface area contributed by atoms with Crippen molar-refractivity contribution in [2.75, 3.05) is 176 Å². The Labute approximate surface area is 524 Å². The number of imide groups is 6. The Morgan fingerprint density at radius 2 is 0.633 bits per heavy atom. The molecule has 0 fully saturated rings. The Balaban J connectivity index is 0.000000385. The minimum Gasteiger partial charge on any atom is -0.384 e. The van der Waals surface area contributed by atoms with E-state index in [-0.39, 0.29) is 103 Å². The van der Waals surface area contributed by atoms with E-state index < -0.39 is 35.8 Å². The third-order valence-electron chi connectivity index (χ3n) is 13.8. The molecule has 6 aliphatic rings. The molecule has 0 aromatic heterocycles. The topological polar surface area (TPSA) is 335 Å². The van der Waals surface area contributed by atoms with Crippen molar-refractivity contribution in [1.29, 1.82) is 0 Å². The molecule has 3 atom stereocenters. The van der Waals surface area contributed by atoms with Gasteiger partial charge in [0.05, 0.1) is 92.2 Å². The molecule has 0 aromatic rings. The zero-order valence-electron chi connectivity index (χ0n) is 53.9. The molecule has 0 spiro atoms. The second-order valence-electron chi connectivity index (χ2n) is 21.3. The van der Waals surface area contributed by atoms with Gasteiger partial charge < -0.3 is 56.8 Å². The third kappa shape index (κ3) is 24.9. The van der Waals surface area contributed by atoms with Crippen LogP contribution in [0.5, 0.6) is 0 Å². The number of carbonyl (C=O) groups is 12. The summed E-state index contributed by atoms with van der Waals surface area (Å²) in [6.07, 6.45) is 10.6. The SMILES string of the molecule is COC(CN1C(=O)C=CC1=O)C(CN1C(=O)C=CC1=O)OC.COCC(C)(COC)CN1C(=O)C(C)=C(C)C1=O.COCC(C)(COC)CN1C(=O)C=CC1=O.COCC(COC)OCCN1C(=O)C=CC1=O.COCC(COCCN1C(=O)C=CC1=O)OC. The van der Waals surface area contributed by atoms with E-state index in [2.05, 4.69) is 0 Å². The standard InChI is InChI=1S/C14H16N2O6.C13H21NO4.2C11H17NO5.C11H17NO4/c1-21-9(7-15-11(17)3-4-12(15)18)10(22-2)8-16-13(19)5-6-14(16)20;1-9-10(2)12(16)14(11(9)15)6-13(3,7-17-4)8-18-5;1-15-7-9(16-2)8-17-6-5-12-10(13)3-4-11(12)14;1-15-7-9(8-16-2)17-6-5-12-10(13)3-4-11(12)14;1-11(7-15-2,8-16-3)6-12-9(13)4-5-10(12)14/h3-6,9-10H,7-8H2,1-2H3;6-8H2,1-5H3;2*3-4,9H,5-8H2,1-2H3;4-5H,6-8H2,1-3H3. The second kappa shape index (κ2) is 40.5. The predicted molar refractivity (Wildman–Crippen MR) is 317 cm³/mol. The Morgan fingerprint density at radius 1 is 0.344 bits per heavy atom. The van der Waals surface area contributed by atoms with E-state index in [1.165, 1.54) is 84.8 Å². The maximum Gasteiger partial charge on any atom is 0.256 e. The van der Waals surface area contributed by atoms with E-state index in [9.17, 15) is 57.5 Å². The Kier molecular flexibility index (Phi) is 35.5. The smallest absolute Gasteiger partial charge is 0.256 e. The van der Waals surface area contributed by atoms with E-state index in [1.54, 1.807) is 70.7 Å². The minimum atomic E-state index is -0.668. The summed E-state index contributed by atoms with van der Waals surface area (Å²) in [5.74, 6) is -3.89. The van der Waals surface area contributed by atoms with Crippen molar-refractivity contribution in [2.24, 2.45) is 10.8 Å². The first kappa shape index (κ1) is 78.9. The van der Waals surface area contributed by atoms with Crippen molar-refractivity contribution in [1.82, 2.24) is 29.4 Å². The van der Waals surface area contributed by atoms with Gasteiger partial charge in [-0.05, 0) is 13.8 Å². The van der Waals surface area contributed by atoms with Crippen molar-refractivity contribution < 1.29 is 114 Å². The highest BCUT2D eigenvalue weighted by atomic mass is 16.6. The Bertz CT molecular complexity index is 2500. The quantitative estimate of drug-likeness (QED) is 0.0556. The van der Waals surface area contributed by atoms with Crippen molar-refractivity contribution in [2.45, 2.75) is 52.1 Å². The first-order valence-electron chi connectivity index (χ1n) is 28.1. The zero-order chi connectivity index (χ0) is 67.7. The van der Waals surface area contributed by atoms with Crippen LogP contribution in [0.2, 0.25) is 0 Å². The fraction of sp³-hybridized carbons (Fsp3) is 0.600. The number of carbonyl (C=O) groups excluding carboxylic acids is 12. The van der Waals surface area contributed by atoms with Crippen LogP contribution in [0.1, 0.15) is 27.7 Å². The normalized spacial score (nSPS) is 17.4. The number of hydrogen-bond donors (Lipinski definition) is 0. The van der Waals surface area contributed by atoms with Gasteiger partial charge in [0.25, 0.3) is 70.9 Å². The second-order valence-corrected chi connectivity index (χ2v) is 21.3. The van der Waals surface area contributed by atoms with Gasteiger partial charge in [-0.15, -0.1) is 0 Å². The molecule has 0 saturated heterocycles. The van der Waals surface area contributed by atoms with Crippen LogP contribution in [0.3, 0.4) is 0 Å². The van der Waals surface area contributed by atoms with Gasteiger partial charge in [0, 0.05) is 167 Å². The number of nitrogens with zero attached hydrogens (tertiary/aromatic N) is 6. The maximum absolute atomic E-state index is 12.0. The molecule has 0 saturated carbocycles. The van der Waals surface area contributed by atoms with Crippen LogP contribution < -0.4 is 0 Å². The summed E-state index contributed by atoms with van der Waals surface area (Å²) in [5.41, 5.74) is 0.287. The highest BCUT2D eigenvalue weighted by Gasteiger charge is 2.40. The summed E-state index contributed by atoms with van der Waals surface area (Å²) >= 11 is 0. The lowest BCUT2D eigenvalue weighted by molar-refractivity contribution is -0.146. The number of methoxy groups -OCH3 is 10. The van der Waals surface area contributed by atoms with Crippen LogP contribution in [0, 0.1) is 10.8 Å². The van der Waals surface area contributed by atoms with Gasteiger partial charge in [0.15, 0.2) is 0 Å². The van der Waals surface area contributed by atoms with Gasteiger partial charge in [-0.3, -0.25) is 86.9 Å². The van der Waals surface area contributed by atoms with Gasteiger partial charge in [-0.1, -0.05) is 13.8 Å². The van der Waals surface area contributed by atoms with Crippen LogP contribution >= 0.6 is 0 Å². The van der Waals surface area contributed by atoms with Crippen molar-refractivity contribution >= 4 is 70.9 Å². The zero-order valence-corrected chi connectivity index (χ0v) is 53.9. The van der Waals surface area contributed by atoms with E-state index in [1.807, 2.05) is 13.8 Å². The molecule has 502 valence electrons. The average Bonchev–Trinajstić information content (AvgIpc) is 1.74. The number of amides is 12. The lowest BCUT2D eigenvalue weighted by atomic mass is 9.92. The molecule has 0 aromatic carbocycles. The first-order chi connectivity index (χ1) is 42.7. The Hall–Kier alpha value is -7.20. The van der Waals surface area contributed by atoms with Crippen molar-refractivity contribution in [3.05, 3.63) is 71.9 Å². The maximum atomic E-state index is 12.0. The van der Waals surface area contributed by atoms with Crippen LogP contribution in [-0.4, -0.2) is 301 Å². The third-order valence-corrected chi connectivity index (χ3v) is 13.8. The molecule has 0 N–H and O–H groups in total. The molecule has 0 aliphatic carbocycles. The van der Waals surface area contributed by atoms with Gasteiger partial charge >= 0.3 is 0 Å². The van der Waals surface area contributed by atoms with Crippen molar-refractivity contribution in [3.63, 3.8) is 0 Å². The fourth-order valence-electron chi connectivity index (χ4n) is 9.11. The number of rotatable bonds is 35. The van der Waals surface area contributed by atoms with Crippen LogP contribution in [0.4, 0.5) is 0 Å². The molecule has 0 bridgehead atoms. The summed E-state index contributed by atoms with van der Waals surface area (Å²) in [6, 6.07) is 0. The predicted octanol–water partition coefficient (Wildman–Crippen LogP) is -0.754. The van der Waals surface area contributed by atoms with E-state index in [0.717, 1.165) is 19.6 Å². The van der Waals surface area contributed by atoms with Gasteiger partial charge in [-0.25, -0.2) is 0 Å². The van der Waals surface area contributed by atoms with E-state index in [4.69, 9.17) is 56.8 Å². The lowest BCUT2D eigenvalue weighted by Gasteiger charge is -2.31. The highest BCUT2D eigenvalue weighted by Crippen LogP contribution is 2.27. The Morgan fingerprint density at radius 3 is 0.933 bits per heavy atom. The number of hydrogen-bond acceptors (Lipinski definition) is 24. The largest absolute Gasteiger partial charge is 0.384 e. The summed E-state index contributed by atoms with van der Waals surface area (Å²) in [7, 11) is 15.5. The molecule has 6 aliphatic heterocycles. The summed E-state index contributed by atoms with van der Waals surface area (Å²) in [4.78, 5) is 145. The summed E-state index contributed by atoms with van der Waals surface area (Å²) in [5, 5.41) is 0. The average molecular weight is 1280 g/mol. The molecule has 6 heterocycles. The monoisotopic (exact) mass is 1280 g/mol. The molecule has 30 nitrogen and oxygen atoms in total. The lowest BCUT2D eigenvalue weighted by Crippen LogP contribution is -2.49. The minimum absolute atomic E-state index is 0.0245. The molecule has 12 amide bonds. The van der Waals surface area contributed by atoms with Gasteiger partial charge in [0.1, 0.15) is 24.4 Å². The summed E-state index contributed by atoms with van der Waals surface area (Å²) < 4.78 is 61.7. The molecule has 0 radical (unpaired) electrons. The van der Waals surface area contributed by atoms with Gasteiger partial charge in [-0.2, -0.15) is 0 Å². The molecule has 90 heavy (non-hydrogen) atoms.